The van der Waals surface area contributed by atoms with Crippen molar-refractivity contribution in [2.24, 2.45) is 5.92 Å². The van der Waals surface area contributed by atoms with E-state index in [0.29, 0.717) is 48.8 Å². The molecule has 186 valence electrons. The third kappa shape index (κ3) is 4.95. The number of hydrogen-bond acceptors (Lipinski definition) is 4. The van der Waals surface area contributed by atoms with Crippen LogP contribution in [0.3, 0.4) is 0 Å². The summed E-state index contributed by atoms with van der Waals surface area (Å²) < 4.78 is 81.0. The quantitative estimate of drug-likeness (QED) is 0.416. The normalized spacial score (nSPS) is 18.6. The maximum absolute atomic E-state index is 13.9. The SMILES string of the molecule is CCCC(C)CCCc1nc2c3c(n1)N(c1ccc(C(F)(F)F)cc1C(F)(F)F)CC[C@H]3CN2. The number of hydrogen-bond donors (Lipinski definition) is 1. The summed E-state index contributed by atoms with van der Waals surface area (Å²) in [6, 6.07) is 1.80. The summed E-state index contributed by atoms with van der Waals surface area (Å²) in [6.45, 7) is 5.18. The second kappa shape index (κ2) is 9.26. The Labute approximate surface area is 194 Å². The van der Waals surface area contributed by atoms with Crippen molar-refractivity contribution >= 4 is 17.3 Å². The summed E-state index contributed by atoms with van der Waals surface area (Å²) in [7, 11) is 0. The van der Waals surface area contributed by atoms with Gasteiger partial charge in [-0.1, -0.05) is 33.1 Å². The van der Waals surface area contributed by atoms with Gasteiger partial charge < -0.3 is 10.2 Å². The zero-order chi connectivity index (χ0) is 24.7. The Morgan fingerprint density at radius 2 is 1.85 bits per heavy atom. The van der Waals surface area contributed by atoms with Gasteiger partial charge in [0, 0.05) is 31.0 Å². The summed E-state index contributed by atoms with van der Waals surface area (Å²) >= 11 is 0. The molecule has 10 heteroatoms. The van der Waals surface area contributed by atoms with Gasteiger partial charge in [0.2, 0.25) is 0 Å². The molecule has 0 amide bonds. The van der Waals surface area contributed by atoms with E-state index in [4.69, 9.17) is 0 Å². The lowest BCUT2D eigenvalue weighted by Crippen LogP contribution is -2.30. The number of alkyl halides is 6. The molecule has 0 fully saturated rings. The fourth-order valence-electron chi connectivity index (χ4n) is 4.95. The third-order valence-electron chi connectivity index (χ3n) is 6.65. The van der Waals surface area contributed by atoms with Crippen molar-refractivity contribution in [1.82, 2.24) is 9.97 Å². The molecule has 34 heavy (non-hydrogen) atoms. The molecule has 1 unspecified atom stereocenters. The lowest BCUT2D eigenvalue weighted by molar-refractivity contribution is -0.142. The Bertz CT molecular complexity index is 1030. The maximum Gasteiger partial charge on any atom is 0.418 e. The van der Waals surface area contributed by atoms with Crippen LogP contribution in [0.4, 0.5) is 43.7 Å². The van der Waals surface area contributed by atoms with Crippen LogP contribution in [-0.4, -0.2) is 23.1 Å². The van der Waals surface area contributed by atoms with Gasteiger partial charge in [0.15, 0.2) is 0 Å². The van der Waals surface area contributed by atoms with E-state index >= 15 is 0 Å². The van der Waals surface area contributed by atoms with Crippen LogP contribution in [0.5, 0.6) is 0 Å². The first kappa shape index (κ1) is 24.6. The molecule has 4 rings (SSSR count). The van der Waals surface area contributed by atoms with Crippen LogP contribution in [0, 0.1) is 5.92 Å². The summed E-state index contributed by atoms with van der Waals surface area (Å²) in [5.41, 5.74) is -2.19. The van der Waals surface area contributed by atoms with Crippen molar-refractivity contribution in [3.05, 3.63) is 40.7 Å². The zero-order valence-corrected chi connectivity index (χ0v) is 19.2. The highest BCUT2D eigenvalue weighted by atomic mass is 19.4. The number of aromatic nitrogens is 2. The van der Waals surface area contributed by atoms with E-state index in [1.807, 2.05) is 0 Å². The molecule has 1 N–H and O–H groups in total. The van der Waals surface area contributed by atoms with Gasteiger partial charge in [-0.3, -0.25) is 0 Å². The van der Waals surface area contributed by atoms with Crippen LogP contribution in [0.15, 0.2) is 18.2 Å². The molecule has 0 radical (unpaired) electrons. The second-order valence-electron chi connectivity index (χ2n) is 9.26. The minimum Gasteiger partial charge on any atom is -0.369 e. The molecule has 2 aromatic rings. The Morgan fingerprint density at radius 3 is 2.53 bits per heavy atom. The first-order valence-corrected chi connectivity index (χ1v) is 11.7. The molecule has 1 aromatic carbocycles. The Kier molecular flexibility index (Phi) is 6.70. The molecule has 2 aliphatic heterocycles. The van der Waals surface area contributed by atoms with E-state index in [1.165, 1.54) is 4.90 Å². The Hall–Kier alpha value is -2.52. The van der Waals surface area contributed by atoms with Crippen LogP contribution in [0.2, 0.25) is 0 Å². The summed E-state index contributed by atoms with van der Waals surface area (Å²) in [5, 5.41) is 3.24. The first-order valence-electron chi connectivity index (χ1n) is 11.7. The number of halogens is 6. The van der Waals surface area contributed by atoms with Crippen LogP contribution in [-0.2, 0) is 18.8 Å². The molecule has 0 spiro atoms. The fraction of sp³-hybridized carbons (Fsp3) is 0.583. The molecule has 0 aliphatic carbocycles. The lowest BCUT2D eigenvalue weighted by atomic mass is 9.93. The van der Waals surface area contributed by atoms with Gasteiger partial charge in [0.25, 0.3) is 0 Å². The topological polar surface area (TPSA) is 41.1 Å². The van der Waals surface area contributed by atoms with E-state index in [0.717, 1.165) is 37.3 Å². The van der Waals surface area contributed by atoms with Crippen LogP contribution in [0.25, 0.3) is 0 Å². The van der Waals surface area contributed by atoms with E-state index in [9.17, 15) is 26.3 Å². The average molecular weight is 487 g/mol. The predicted molar refractivity (Wildman–Crippen MR) is 118 cm³/mol. The summed E-state index contributed by atoms with van der Waals surface area (Å²) in [6.07, 6.45) is -4.57. The minimum atomic E-state index is -4.94. The number of rotatable bonds is 7. The fourth-order valence-corrected chi connectivity index (χ4v) is 4.95. The van der Waals surface area contributed by atoms with E-state index in [1.54, 1.807) is 0 Å². The van der Waals surface area contributed by atoms with Gasteiger partial charge >= 0.3 is 12.4 Å². The van der Waals surface area contributed by atoms with E-state index in [-0.39, 0.29) is 24.2 Å². The molecule has 2 atom stereocenters. The molecule has 2 aliphatic rings. The molecule has 3 heterocycles. The van der Waals surface area contributed by atoms with Crippen molar-refractivity contribution in [2.75, 3.05) is 23.3 Å². The molecule has 4 nitrogen and oxygen atoms in total. The van der Waals surface area contributed by atoms with Crippen LogP contribution >= 0.6 is 0 Å². The summed E-state index contributed by atoms with van der Waals surface area (Å²) in [5.74, 6) is 2.17. The van der Waals surface area contributed by atoms with Crippen molar-refractivity contribution < 1.29 is 26.3 Å². The largest absolute Gasteiger partial charge is 0.418 e. The first-order chi connectivity index (χ1) is 16.0. The Balaban J connectivity index is 1.71. The number of nitrogens with zero attached hydrogens (tertiary/aromatic N) is 3. The third-order valence-corrected chi connectivity index (χ3v) is 6.65. The van der Waals surface area contributed by atoms with Crippen LogP contribution in [0.1, 0.15) is 74.4 Å². The Morgan fingerprint density at radius 1 is 1.09 bits per heavy atom. The number of nitrogens with one attached hydrogen (secondary N) is 1. The molecular weight excluding hydrogens is 458 g/mol. The van der Waals surface area contributed by atoms with Gasteiger partial charge in [-0.2, -0.15) is 26.3 Å². The molecule has 1 aromatic heterocycles. The minimum absolute atomic E-state index is 0.0728. The van der Waals surface area contributed by atoms with E-state index in [2.05, 4.69) is 29.1 Å². The maximum atomic E-state index is 13.9. The lowest BCUT2D eigenvalue weighted by Gasteiger charge is -2.34. The van der Waals surface area contributed by atoms with E-state index < -0.39 is 23.5 Å². The second-order valence-corrected chi connectivity index (χ2v) is 9.26. The van der Waals surface area contributed by atoms with Crippen LogP contribution < -0.4 is 10.2 Å². The molecule has 0 bridgehead atoms. The number of benzene rings is 1. The highest BCUT2D eigenvalue weighted by molar-refractivity contribution is 5.74. The van der Waals surface area contributed by atoms with Crippen molar-refractivity contribution in [3.8, 4) is 0 Å². The van der Waals surface area contributed by atoms with Gasteiger partial charge in [0.1, 0.15) is 17.5 Å². The zero-order valence-electron chi connectivity index (χ0n) is 19.2. The van der Waals surface area contributed by atoms with Crippen molar-refractivity contribution in [1.29, 1.82) is 0 Å². The van der Waals surface area contributed by atoms with Crippen molar-refractivity contribution in [2.45, 2.75) is 70.6 Å². The highest BCUT2D eigenvalue weighted by Gasteiger charge is 2.42. The van der Waals surface area contributed by atoms with Crippen molar-refractivity contribution in [3.63, 3.8) is 0 Å². The molecular formula is C24H28F6N4. The molecule has 0 saturated heterocycles. The standard InChI is InChI=1S/C24H28F6N4/c1-3-5-14(2)6-4-7-19-32-21-20-15(13-31-21)10-11-34(22(20)33-19)18-9-8-16(23(25,26)27)12-17(18)24(28,29)30/h8-9,12,14-15H,3-7,10-11,13H2,1-2H3,(H,31,32,33)/t14?,15-/m0/s1. The molecule has 0 saturated carbocycles. The highest BCUT2D eigenvalue weighted by Crippen LogP contribution is 2.48. The van der Waals surface area contributed by atoms with Gasteiger partial charge in [-0.15, -0.1) is 0 Å². The monoisotopic (exact) mass is 486 g/mol. The van der Waals surface area contributed by atoms with Gasteiger partial charge in [-0.25, -0.2) is 9.97 Å². The number of aryl methyl sites for hydroxylation is 1. The smallest absolute Gasteiger partial charge is 0.369 e. The van der Waals surface area contributed by atoms with Gasteiger partial charge in [-0.05, 0) is 37.0 Å². The number of anilines is 3. The predicted octanol–water partition coefficient (Wildman–Crippen LogP) is 7.32. The van der Waals surface area contributed by atoms with Gasteiger partial charge in [0.05, 0.1) is 16.8 Å². The average Bonchev–Trinajstić information content (AvgIpc) is 3.17. The summed E-state index contributed by atoms with van der Waals surface area (Å²) in [4.78, 5) is 10.7.